The molecule has 2 rings (SSSR count). The number of hydrogen-bond acceptors (Lipinski definition) is 5. The molecule has 0 bridgehead atoms. The summed E-state index contributed by atoms with van der Waals surface area (Å²) in [6.45, 7) is 0.0276. The molecule has 0 saturated carbocycles. The molecule has 10 heteroatoms. The number of halogens is 1. The summed E-state index contributed by atoms with van der Waals surface area (Å²) in [6.07, 6.45) is 0.123. The van der Waals surface area contributed by atoms with Crippen molar-refractivity contribution in [2.45, 2.75) is 11.3 Å². The summed E-state index contributed by atoms with van der Waals surface area (Å²) in [4.78, 5) is 21.7. The average molecular weight is 398 g/mol. The monoisotopic (exact) mass is 397 g/mol. The first-order chi connectivity index (χ1) is 12.3. The van der Waals surface area contributed by atoms with Crippen molar-refractivity contribution in [3.63, 3.8) is 0 Å². The number of nitro groups is 1. The van der Waals surface area contributed by atoms with Gasteiger partial charge in [-0.25, -0.2) is 13.1 Å². The molecule has 0 saturated heterocycles. The largest absolute Gasteiger partial charge is 0.355 e. The molecule has 0 aromatic heterocycles. The van der Waals surface area contributed by atoms with Gasteiger partial charge in [-0.1, -0.05) is 29.8 Å². The number of carbonyl (C=O) groups excluding carboxylic acids is 1. The molecule has 0 aliphatic heterocycles. The van der Waals surface area contributed by atoms with E-state index in [0.717, 1.165) is 11.6 Å². The first-order valence-electron chi connectivity index (χ1n) is 7.53. The fourth-order valence-electron chi connectivity index (χ4n) is 2.13. The first-order valence-corrected chi connectivity index (χ1v) is 9.39. The highest BCUT2D eigenvalue weighted by Crippen LogP contribution is 2.16. The number of nitrogens with zero attached hydrogens (tertiary/aromatic N) is 1. The van der Waals surface area contributed by atoms with E-state index in [1.54, 1.807) is 24.3 Å². The second-order valence-corrected chi connectivity index (χ2v) is 7.51. The van der Waals surface area contributed by atoms with Crippen molar-refractivity contribution < 1.29 is 18.1 Å². The molecule has 2 aromatic rings. The predicted molar refractivity (Wildman–Crippen MR) is 96.5 cm³/mol. The fraction of sp³-hybridized carbons (Fsp3) is 0.188. The van der Waals surface area contributed by atoms with Crippen LogP contribution in [0.2, 0.25) is 5.02 Å². The van der Waals surface area contributed by atoms with Gasteiger partial charge in [-0.3, -0.25) is 14.9 Å². The van der Waals surface area contributed by atoms with E-state index in [0.29, 0.717) is 5.02 Å². The maximum absolute atomic E-state index is 12.1. The lowest BCUT2D eigenvalue weighted by molar-refractivity contribution is -0.385. The molecule has 0 atom stereocenters. The highest BCUT2D eigenvalue weighted by atomic mass is 35.5. The zero-order valence-electron chi connectivity index (χ0n) is 13.5. The molecule has 138 valence electrons. The van der Waals surface area contributed by atoms with E-state index in [2.05, 4.69) is 10.0 Å². The number of carbonyl (C=O) groups is 1. The van der Waals surface area contributed by atoms with Crippen LogP contribution < -0.4 is 10.0 Å². The summed E-state index contributed by atoms with van der Waals surface area (Å²) in [7, 11) is -3.90. The van der Waals surface area contributed by atoms with Gasteiger partial charge >= 0.3 is 0 Å². The quantitative estimate of drug-likeness (QED) is 0.400. The Kier molecular flexibility index (Phi) is 6.67. The molecule has 2 aromatic carbocycles. The van der Waals surface area contributed by atoms with Crippen LogP contribution in [-0.4, -0.2) is 32.3 Å². The lowest BCUT2D eigenvalue weighted by Crippen LogP contribution is -2.35. The summed E-state index contributed by atoms with van der Waals surface area (Å²) in [6, 6.07) is 11.6. The van der Waals surface area contributed by atoms with Gasteiger partial charge in [0, 0.05) is 30.2 Å². The Hall–Kier alpha value is -2.49. The number of nitro benzene ring substituents is 1. The zero-order chi connectivity index (χ0) is 19.2. The van der Waals surface area contributed by atoms with Gasteiger partial charge in [0.25, 0.3) is 5.69 Å². The molecule has 1 amide bonds. The highest BCUT2D eigenvalue weighted by molar-refractivity contribution is 7.89. The van der Waals surface area contributed by atoms with Crippen LogP contribution >= 0.6 is 11.6 Å². The second-order valence-electron chi connectivity index (χ2n) is 5.31. The van der Waals surface area contributed by atoms with Crippen molar-refractivity contribution in [1.29, 1.82) is 0 Å². The number of amides is 1. The predicted octanol–water partition coefficient (Wildman–Crippen LogP) is 1.89. The van der Waals surface area contributed by atoms with Crippen LogP contribution in [0.15, 0.2) is 53.4 Å². The number of non-ortho nitro benzene ring substituents is 1. The average Bonchev–Trinajstić information content (AvgIpc) is 2.59. The minimum Gasteiger partial charge on any atom is -0.355 e. The van der Waals surface area contributed by atoms with Crippen LogP contribution in [0, 0.1) is 10.1 Å². The molecule has 26 heavy (non-hydrogen) atoms. The SMILES string of the molecule is O=C(Cc1cccc(Cl)c1)NCCNS(=O)(=O)c1cccc([N+](=O)[O-])c1. The van der Waals surface area contributed by atoms with E-state index in [-0.39, 0.29) is 36.0 Å². The Labute approximate surface area is 155 Å². The molecule has 0 radical (unpaired) electrons. The zero-order valence-corrected chi connectivity index (χ0v) is 15.1. The smallest absolute Gasteiger partial charge is 0.270 e. The van der Waals surface area contributed by atoms with Crippen molar-refractivity contribution in [1.82, 2.24) is 10.0 Å². The van der Waals surface area contributed by atoms with Crippen LogP contribution in [0.1, 0.15) is 5.56 Å². The van der Waals surface area contributed by atoms with Crippen LogP contribution in [0.3, 0.4) is 0 Å². The molecule has 0 fully saturated rings. The molecular formula is C16H16ClN3O5S. The maximum atomic E-state index is 12.1. The van der Waals surface area contributed by atoms with Crippen LogP contribution in [0.25, 0.3) is 0 Å². The topological polar surface area (TPSA) is 118 Å². The summed E-state index contributed by atoms with van der Waals surface area (Å²) in [5, 5.41) is 13.8. The maximum Gasteiger partial charge on any atom is 0.270 e. The molecular weight excluding hydrogens is 382 g/mol. The minimum atomic E-state index is -3.90. The van der Waals surface area contributed by atoms with E-state index >= 15 is 0 Å². The Morgan fingerprint density at radius 3 is 2.54 bits per heavy atom. The normalized spacial score (nSPS) is 11.1. The van der Waals surface area contributed by atoms with Gasteiger partial charge in [-0.15, -0.1) is 0 Å². The van der Waals surface area contributed by atoms with Crippen LogP contribution in [-0.2, 0) is 21.2 Å². The van der Waals surface area contributed by atoms with E-state index in [9.17, 15) is 23.3 Å². The number of benzene rings is 2. The Morgan fingerprint density at radius 2 is 1.85 bits per heavy atom. The number of nitrogens with one attached hydrogen (secondary N) is 2. The van der Waals surface area contributed by atoms with E-state index in [1.807, 2.05) is 0 Å². The summed E-state index contributed by atoms with van der Waals surface area (Å²) < 4.78 is 26.5. The molecule has 0 aliphatic rings. The van der Waals surface area contributed by atoms with Gasteiger partial charge in [0.05, 0.1) is 16.2 Å². The second kappa shape index (κ2) is 8.75. The van der Waals surface area contributed by atoms with Gasteiger partial charge in [-0.05, 0) is 23.8 Å². The third-order valence-electron chi connectivity index (χ3n) is 3.33. The van der Waals surface area contributed by atoms with Crippen LogP contribution in [0.4, 0.5) is 5.69 Å². The van der Waals surface area contributed by atoms with Gasteiger partial charge in [0.15, 0.2) is 0 Å². The molecule has 2 N–H and O–H groups in total. The molecule has 0 spiro atoms. The van der Waals surface area contributed by atoms with Crippen molar-refractivity contribution in [2.24, 2.45) is 0 Å². The third kappa shape index (κ3) is 5.80. The van der Waals surface area contributed by atoms with Crippen molar-refractivity contribution >= 4 is 33.2 Å². The molecule has 8 nitrogen and oxygen atoms in total. The molecule has 0 aliphatic carbocycles. The lowest BCUT2D eigenvalue weighted by atomic mass is 10.1. The van der Waals surface area contributed by atoms with Gasteiger partial charge in [-0.2, -0.15) is 0 Å². The van der Waals surface area contributed by atoms with Crippen LogP contribution in [0.5, 0.6) is 0 Å². The fourth-order valence-corrected chi connectivity index (χ4v) is 3.41. The van der Waals surface area contributed by atoms with Crippen molar-refractivity contribution in [2.75, 3.05) is 13.1 Å². The Bertz CT molecular complexity index is 918. The van der Waals surface area contributed by atoms with Gasteiger partial charge in [0.2, 0.25) is 15.9 Å². The van der Waals surface area contributed by atoms with E-state index < -0.39 is 14.9 Å². The lowest BCUT2D eigenvalue weighted by Gasteiger charge is -2.08. The van der Waals surface area contributed by atoms with Gasteiger partial charge in [0.1, 0.15) is 0 Å². The summed E-state index contributed by atoms with van der Waals surface area (Å²) in [5.41, 5.74) is 0.426. The third-order valence-corrected chi connectivity index (χ3v) is 5.03. The number of rotatable bonds is 8. The first kappa shape index (κ1) is 19.8. The number of hydrogen-bond donors (Lipinski definition) is 2. The van der Waals surface area contributed by atoms with Crippen molar-refractivity contribution in [3.8, 4) is 0 Å². The number of sulfonamides is 1. The highest BCUT2D eigenvalue weighted by Gasteiger charge is 2.17. The summed E-state index contributed by atoms with van der Waals surface area (Å²) >= 11 is 5.84. The molecule has 0 heterocycles. The van der Waals surface area contributed by atoms with Gasteiger partial charge < -0.3 is 5.32 Å². The van der Waals surface area contributed by atoms with E-state index in [1.165, 1.54) is 18.2 Å². The van der Waals surface area contributed by atoms with E-state index in [4.69, 9.17) is 11.6 Å². The minimum absolute atomic E-state index is 0.0493. The Balaban J connectivity index is 1.84. The standard InChI is InChI=1S/C16H16ClN3O5S/c17-13-4-1-3-12(9-13)10-16(21)18-7-8-19-26(24,25)15-6-2-5-14(11-15)20(22)23/h1-6,9,11,19H,7-8,10H2,(H,18,21). The molecule has 0 unspecified atom stereocenters. The Morgan fingerprint density at radius 1 is 1.12 bits per heavy atom. The van der Waals surface area contributed by atoms with Crippen molar-refractivity contribution in [3.05, 3.63) is 69.2 Å². The summed E-state index contributed by atoms with van der Waals surface area (Å²) in [5.74, 6) is -0.276.